The molecule has 11 heavy (non-hydrogen) atoms. The lowest BCUT2D eigenvalue weighted by atomic mass is 10.0. The average Bonchev–Trinajstić information content (AvgIpc) is 1.99. The van der Waals surface area contributed by atoms with Gasteiger partial charge in [-0.2, -0.15) is 0 Å². The molecule has 0 aromatic heterocycles. The molecule has 0 bridgehead atoms. The van der Waals surface area contributed by atoms with Crippen molar-refractivity contribution in [2.45, 2.75) is 20.5 Å². The van der Waals surface area contributed by atoms with Crippen LogP contribution in [0.3, 0.4) is 0 Å². The molecule has 0 heterocycles. The number of benzene rings is 1. The van der Waals surface area contributed by atoms with Crippen molar-refractivity contribution in [1.29, 1.82) is 0 Å². The molecule has 0 aliphatic rings. The maximum atomic E-state index is 8.24. The second kappa shape index (κ2) is 3.51. The van der Waals surface area contributed by atoms with E-state index in [1.807, 2.05) is 32.0 Å². The highest BCUT2D eigenvalue weighted by Gasteiger charge is 1.98. The Bertz CT molecular complexity index is 243. The zero-order chi connectivity index (χ0) is 8.27. The summed E-state index contributed by atoms with van der Waals surface area (Å²) in [5.74, 6) is 0. The molecule has 0 saturated carbocycles. The molecular weight excluding hydrogens is 140 g/mol. The van der Waals surface area contributed by atoms with Crippen molar-refractivity contribution in [3.8, 4) is 0 Å². The normalized spacial score (nSPS) is 10.1. The lowest BCUT2D eigenvalue weighted by molar-refractivity contribution is -0.253. The monoisotopic (exact) mass is 152 g/mol. The van der Waals surface area contributed by atoms with E-state index in [9.17, 15) is 0 Å². The second-order valence-corrected chi connectivity index (χ2v) is 2.63. The molecular formula is C9H12O2. The lowest BCUT2D eigenvalue weighted by Crippen LogP contribution is -1.93. The summed E-state index contributed by atoms with van der Waals surface area (Å²) in [6, 6.07) is 5.94. The number of aryl methyl sites for hydroxylation is 1. The molecule has 1 aromatic carbocycles. The van der Waals surface area contributed by atoms with Crippen LogP contribution in [0.2, 0.25) is 0 Å². The van der Waals surface area contributed by atoms with Crippen LogP contribution in [0.1, 0.15) is 16.7 Å². The van der Waals surface area contributed by atoms with Crippen molar-refractivity contribution in [1.82, 2.24) is 0 Å². The van der Waals surface area contributed by atoms with Crippen molar-refractivity contribution >= 4 is 0 Å². The quantitative estimate of drug-likeness (QED) is 0.520. The van der Waals surface area contributed by atoms with Crippen LogP contribution in [0.15, 0.2) is 18.2 Å². The molecule has 60 valence electrons. The Hall–Kier alpha value is -0.860. The van der Waals surface area contributed by atoms with E-state index in [1.165, 1.54) is 11.1 Å². The Balaban J connectivity index is 2.96. The number of hydrogen-bond acceptors (Lipinski definition) is 2. The molecule has 0 atom stereocenters. The van der Waals surface area contributed by atoms with E-state index in [2.05, 4.69) is 4.89 Å². The van der Waals surface area contributed by atoms with E-state index >= 15 is 0 Å². The van der Waals surface area contributed by atoms with Gasteiger partial charge in [-0.3, -0.25) is 5.26 Å². The standard InChI is InChI=1S/C9H12O2/c1-7-4-3-5-9(6-11-10)8(7)2/h3-5,10H,6H2,1-2H3. The summed E-state index contributed by atoms with van der Waals surface area (Å²) in [4.78, 5) is 4.06. The van der Waals surface area contributed by atoms with Crippen molar-refractivity contribution in [3.05, 3.63) is 34.9 Å². The molecule has 0 saturated heterocycles. The van der Waals surface area contributed by atoms with Crippen LogP contribution in [-0.4, -0.2) is 5.26 Å². The molecule has 1 aromatic rings. The summed E-state index contributed by atoms with van der Waals surface area (Å²) in [6.07, 6.45) is 0. The smallest absolute Gasteiger partial charge is 0.107 e. The zero-order valence-corrected chi connectivity index (χ0v) is 6.79. The van der Waals surface area contributed by atoms with Gasteiger partial charge in [0.2, 0.25) is 0 Å². The first-order valence-electron chi connectivity index (χ1n) is 3.57. The van der Waals surface area contributed by atoms with Crippen molar-refractivity contribution in [2.24, 2.45) is 0 Å². The average molecular weight is 152 g/mol. The minimum Gasteiger partial charge on any atom is -0.251 e. The predicted octanol–water partition coefficient (Wildman–Crippen LogP) is 2.29. The highest BCUT2D eigenvalue weighted by molar-refractivity contribution is 5.32. The summed E-state index contributed by atoms with van der Waals surface area (Å²) in [7, 11) is 0. The fraction of sp³-hybridized carbons (Fsp3) is 0.333. The van der Waals surface area contributed by atoms with E-state index in [0.29, 0.717) is 0 Å². The molecule has 0 unspecified atom stereocenters. The minimum atomic E-state index is 0.271. The molecule has 2 nitrogen and oxygen atoms in total. The third-order valence-electron chi connectivity index (χ3n) is 1.94. The highest BCUT2D eigenvalue weighted by Crippen LogP contribution is 2.12. The van der Waals surface area contributed by atoms with E-state index in [4.69, 9.17) is 5.26 Å². The zero-order valence-electron chi connectivity index (χ0n) is 6.79. The van der Waals surface area contributed by atoms with Crippen LogP contribution >= 0.6 is 0 Å². The second-order valence-electron chi connectivity index (χ2n) is 2.63. The van der Waals surface area contributed by atoms with Gasteiger partial charge in [0.25, 0.3) is 0 Å². The fourth-order valence-corrected chi connectivity index (χ4v) is 1.04. The van der Waals surface area contributed by atoms with Crippen molar-refractivity contribution in [3.63, 3.8) is 0 Å². The number of hydrogen-bond donors (Lipinski definition) is 1. The molecule has 0 aliphatic carbocycles. The predicted molar refractivity (Wildman–Crippen MR) is 43.3 cm³/mol. The summed E-state index contributed by atoms with van der Waals surface area (Å²) in [5.41, 5.74) is 3.44. The molecule has 1 rings (SSSR count). The SMILES string of the molecule is Cc1cccc(COO)c1C. The summed E-state index contributed by atoms with van der Waals surface area (Å²) in [6.45, 7) is 4.33. The van der Waals surface area contributed by atoms with E-state index in [1.54, 1.807) is 0 Å². The van der Waals surface area contributed by atoms with Crippen LogP contribution in [-0.2, 0) is 11.5 Å². The Morgan fingerprint density at radius 1 is 1.36 bits per heavy atom. The fourth-order valence-electron chi connectivity index (χ4n) is 1.04. The van der Waals surface area contributed by atoms with Crippen LogP contribution in [0.4, 0.5) is 0 Å². The lowest BCUT2D eigenvalue weighted by Gasteiger charge is -2.05. The minimum absolute atomic E-state index is 0.271. The third kappa shape index (κ3) is 1.79. The molecule has 0 fully saturated rings. The summed E-state index contributed by atoms with van der Waals surface area (Å²) in [5, 5.41) is 8.24. The Morgan fingerprint density at radius 3 is 2.73 bits per heavy atom. The van der Waals surface area contributed by atoms with Crippen molar-refractivity contribution < 1.29 is 10.1 Å². The molecule has 2 heteroatoms. The van der Waals surface area contributed by atoms with Crippen LogP contribution in [0, 0.1) is 13.8 Å². The van der Waals surface area contributed by atoms with Gasteiger partial charge in [-0.05, 0) is 30.5 Å². The highest BCUT2D eigenvalue weighted by atomic mass is 17.1. The van der Waals surface area contributed by atoms with Gasteiger partial charge in [0.15, 0.2) is 0 Å². The van der Waals surface area contributed by atoms with Gasteiger partial charge < -0.3 is 0 Å². The largest absolute Gasteiger partial charge is 0.251 e. The van der Waals surface area contributed by atoms with E-state index in [-0.39, 0.29) is 6.61 Å². The number of rotatable bonds is 2. The summed E-state index contributed by atoms with van der Waals surface area (Å²) < 4.78 is 0. The van der Waals surface area contributed by atoms with Crippen molar-refractivity contribution in [2.75, 3.05) is 0 Å². The van der Waals surface area contributed by atoms with Gasteiger partial charge in [0, 0.05) is 0 Å². The van der Waals surface area contributed by atoms with Gasteiger partial charge in [0.1, 0.15) is 6.61 Å². The first-order valence-corrected chi connectivity index (χ1v) is 3.57. The van der Waals surface area contributed by atoms with Gasteiger partial charge in [0.05, 0.1) is 0 Å². The summed E-state index contributed by atoms with van der Waals surface area (Å²) >= 11 is 0. The third-order valence-corrected chi connectivity index (χ3v) is 1.94. The molecule has 0 spiro atoms. The van der Waals surface area contributed by atoms with E-state index in [0.717, 1.165) is 5.56 Å². The van der Waals surface area contributed by atoms with Gasteiger partial charge in [-0.25, -0.2) is 4.89 Å². The van der Waals surface area contributed by atoms with E-state index < -0.39 is 0 Å². The molecule has 0 aliphatic heterocycles. The van der Waals surface area contributed by atoms with Gasteiger partial charge >= 0.3 is 0 Å². The first-order chi connectivity index (χ1) is 5.25. The van der Waals surface area contributed by atoms with Crippen LogP contribution < -0.4 is 0 Å². The van der Waals surface area contributed by atoms with Crippen LogP contribution in [0.5, 0.6) is 0 Å². The van der Waals surface area contributed by atoms with Crippen LogP contribution in [0.25, 0.3) is 0 Å². The molecule has 0 amide bonds. The Kier molecular flexibility index (Phi) is 2.63. The van der Waals surface area contributed by atoms with Gasteiger partial charge in [-0.15, -0.1) is 0 Å². The van der Waals surface area contributed by atoms with Gasteiger partial charge in [-0.1, -0.05) is 18.2 Å². The molecule has 1 N–H and O–H groups in total. The topological polar surface area (TPSA) is 29.5 Å². The Morgan fingerprint density at radius 2 is 2.09 bits per heavy atom. The maximum Gasteiger partial charge on any atom is 0.107 e. The first kappa shape index (κ1) is 8.24. The maximum absolute atomic E-state index is 8.24. The molecule has 0 radical (unpaired) electrons. The Labute approximate surface area is 66.4 Å².